The van der Waals surface area contributed by atoms with Gasteiger partial charge in [-0.05, 0) is 39.0 Å². The molecular formula is C15H17FN2O. The molecule has 0 saturated carbocycles. The van der Waals surface area contributed by atoms with Crippen LogP contribution in [0.4, 0.5) is 10.1 Å². The largest absolute Gasteiger partial charge is 0.397 e. The number of aryl methyl sites for hydroxylation is 1. The molecule has 3 nitrogen and oxygen atoms in total. The van der Waals surface area contributed by atoms with Crippen LogP contribution in [-0.4, -0.2) is 10.4 Å². The Labute approximate surface area is 111 Å². The van der Waals surface area contributed by atoms with Crippen LogP contribution in [-0.2, 0) is 0 Å². The summed E-state index contributed by atoms with van der Waals surface area (Å²) in [7, 11) is 0. The molecule has 0 aliphatic heterocycles. The summed E-state index contributed by atoms with van der Waals surface area (Å²) in [6.45, 7) is 5.86. The second-order valence-electron chi connectivity index (χ2n) is 4.89. The third kappa shape index (κ3) is 2.38. The van der Waals surface area contributed by atoms with Crippen molar-refractivity contribution in [2.75, 3.05) is 5.73 Å². The molecule has 1 aromatic carbocycles. The molecule has 2 aromatic rings. The number of ketones is 1. The zero-order chi connectivity index (χ0) is 14.2. The number of carbonyl (C=O) groups is 1. The van der Waals surface area contributed by atoms with E-state index < -0.39 is 5.82 Å². The van der Waals surface area contributed by atoms with E-state index in [0.29, 0.717) is 16.9 Å². The lowest BCUT2D eigenvalue weighted by Crippen LogP contribution is -2.15. The molecule has 100 valence electrons. The van der Waals surface area contributed by atoms with Gasteiger partial charge in [-0.3, -0.25) is 4.79 Å². The standard InChI is InChI=1S/C15H17FN2O/c1-9(2)18-10(3)7-13(17)14(18)15(19)11-5-4-6-12(16)8-11/h4-9H,17H2,1-3H3. The lowest BCUT2D eigenvalue weighted by molar-refractivity contribution is 0.102. The third-order valence-corrected chi connectivity index (χ3v) is 3.08. The molecule has 2 rings (SSSR count). The van der Waals surface area contributed by atoms with E-state index in [0.717, 1.165) is 5.69 Å². The van der Waals surface area contributed by atoms with Crippen LogP contribution >= 0.6 is 0 Å². The number of nitrogens with zero attached hydrogens (tertiary/aromatic N) is 1. The monoisotopic (exact) mass is 260 g/mol. The number of anilines is 1. The molecule has 0 atom stereocenters. The highest BCUT2D eigenvalue weighted by Gasteiger charge is 2.21. The summed E-state index contributed by atoms with van der Waals surface area (Å²) in [6.07, 6.45) is 0. The van der Waals surface area contributed by atoms with Gasteiger partial charge in [-0.25, -0.2) is 4.39 Å². The van der Waals surface area contributed by atoms with Crippen molar-refractivity contribution >= 4 is 11.5 Å². The summed E-state index contributed by atoms with van der Waals surface area (Å²) in [5.74, 6) is -0.678. The number of hydrogen-bond acceptors (Lipinski definition) is 2. The first kappa shape index (κ1) is 13.3. The Morgan fingerprint density at radius 1 is 1.32 bits per heavy atom. The molecule has 1 heterocycles. The first-order chi connectivity index (χ1) is 8.91. The Balaban J connectivity index is 2.56. The second-order valence-corrected chi connectivity index (χ2v) is 4.89. The minimum atomic E-state index is -0.427. The summed E-state index contributed by atoms with van der Waals surface area (Å²) in [6, 6.07) is 7.55. The van der Waals surface area contributed by atoms with E-state index in [4.69, 9.17) is 5.73 Å². The van der Waals surface area contributed by atoms with E-state index in [2.05, 4.69) is 0 Å². The number of nitrogens with two attached hydrogens (primary N) is 1. The van der Waals surface area contributed by atoms with Gasteiger partial charge < -0.3 is 10.3 Å². The van der Waals surface area contributed by atoms with Gasteiger partial charge in [0.2, 0.25) is 5.78 Å². The third-order valence-electron chi connectivity index (χ3n) is 3.08. The minimum absolute atomic E-state index is 0.116. The SMILES string of the molecule is Cc1cc(N)c(C(=O)c2cccc(F)c2)n1C(C)C. The predicted octanol–water partition coefficient (Wildman–Crippen LogP) is 3.33. The molecule has 0 aliphatic rings. The molecule has 2 N–H and O–H groups in total. The van der Waals surface area contributed by atoms with Gasteiger partial charge in [0.15, 0.2) is 0 Å². The second kappa shape index (κ2) is 4.88. The van der Waals surface area contributed by atoms with E-state index in [9.17, 15) is 9.18 Å². The number of halogens is 1. The van der Waals surface area contributed by atoms with Crippen LogP contribution in [0.2, 0.25) is 0 Å². The molecule has 0 aliphatic carbocycles. The number of rotatable bonds is 3. The van der Waals surface area contributed by atoms with Crippen molar-refractivity contribution in [2.45, 2.75) is 26.8 Å². The number of nitrogen functional groups attached to an aromatic ring is 1. The van der Waals surface area contributed by atoms with Gasteiger partial charge in [-0.1, -0.05) is 12.1 Å². The van der Waals surface area contributed by atoms with Gasteiger partial charge in [0.1, 0.15) is 11.5 Å². The Morgan fingerprint density at radius 3 is 2.58 bits per heavy atom. The van der Waals surface area contributed by atoms with E-state index in [1.54, 1.807) is 12.1 Å². The molecule has 0 fully saturated rings. The van der Waals surface area contributed by atoms with Crippen molar-refractivity contribution in [2.24, 2.45) is 0 Å². The molecule has 0 bridgehead atoms. The first-order valence-electron chi connectivity index (χ1n) is 6.19. The van der Waals surface area contributed by atoms with Crippen LogP contribution in [0.5, 0.6) is 0 Å². The molecule has 0 radical (unpaired) electrons. The summed E-state index contributed by atoms with van der Waals surface area (Å²) >= 11 is 0. The Morgan fingerprint density at radius 2 is 2.00 bits per heavy atom. The van der Waals surface area contributed by atoms with E-state index in [1.165, 1.54) is 18.2 Å². The maximum Gasteiger partial charge on any atom is 0.211 e. The van der Waals surface area contributed by atoms with Gasteiger partial charge >= 0.3 is 0 Å². The summed E-state index contributed by atoms with van der Waals surface area (Å²) in [5, 5.41) is 0. The molecule has 1 aromatic heterocycles. The van der Waals surface area contributed by atoms with Crippen molar-refractivity contribution in [3.8, 4) is 0 Å². The highest BCUT2D eigenvalue weighted by Crippen LogP contribution is 2.25. The maximum absolute atomic E-state index is 13.2. The van der Waals surface area contributed by atoms with Gasteiger partial charge in [-0.15, -0.1) is 0 Å². The van der Waals surface area contributed by atoms with Crippen LogP contribution in [0.15, 0.2) is 30.3 Å². The van der Waals surface area contributed by atoms with Crippen molar-refractivity contribution < 1.29 is 9.18 Å². The van der Waals surface area contributed by atoms with Gasteiger partial charge in [0.05, 0.1) is 5.69 Å². The minimum Gasteiger partial charge on any atom is -0.397 e. The summed E-state index contributed by atoms with van der Waals surface area (Å²) in [4.78, 5) is 12.5. The van der Waals surface area contributed by atoms with Crippen molar-refractivity contribution in [3.05, 3.63) is 53.1 Å². The smallest absolute Gasteiger partial charge is 0.211 e. The van der Waals surface area contributed by atoms with Crippen molar-refractivity contribution in [3.63, 3.8) is 0 Å². The van der Waals surface area contributed by atoms with E-state index in [1.807, 2.05) is 25.3 Å². The zero-order valence-electron chi connectivity index (χ0n) is 11.3. The normalized spacial score (nSPS) is 11.0. The van der Waals surface area contributed by atoms with Crippen molar-refractivity contribution in [1.82, 2.24) is 4.57 Å². The highest BCUT2D eigenvalue weighted by molar-refractivity contribution is 6.11. The molecule has 0 unspecified atom stereocenters. The van der Waals surface area contributed by atoms with Gasteiger partial charge in [-0.2, -0.15) is 0 Å². The summed E-state index contributed by atoms with van der Waals surface area (Å²) in [5.41, 5.74) is 8.02. The fraction of sp³-hybridized carbons (Fsp3) is 0.267. The number of aromatic nitrogens is 1. The van der Waals surface area contributed by atoms with E-state index in [-0.39, 0.29) is 11.8 Å². The Hall–Kier alpha value is -2.10. The molecule has 19 heavy (non-hydrogen) atoms. The first-order valence-corrected chi connectivity index (χ1v) is 6.19. The summed E-state index contributed by atoms with van der Waals surface area (Å²) < 4.78 is 15.1. The average molecular weight is 260 g/mol. The fourth-order valence-corrected chi connectivity index (χ4v) is 2.35. The number of benzene rings is 1. The molecule has 0 saturated heterocycles. The van der Waals surface area contributed by atoms with Crippen molar-refractivity contribution in [1.29, 1.82) is 0 Å². The number of hydrogen-bond donors (Lipinski definition) is 1. The van der Waals surface area contributed by atoms with Crippen LogP contribution in [0, 0.1) is 12.7 Å². The van der Waals surface area contributed by atoms with Crippen LogP contribution in [0.25, 0.3) is 0 Å². The van der Waals surface area contributed by atoms with Crippen LogP contribution in [0.3, 0.4) is 0 Å². The molecule has 0 spiro atoms. The Bertz CT molecular complexity index is 629. The predicted molar refractivity (Wildman–Crippen MR) is 73.8 cm³/mol. The highest BCUT2D eigenvalue weighted by atomic mass is 19.1. The molecule has 0 amide bonds. The van der Waals surface area contributed by atoms with E-state index >= 15 is 0 Å². The van der Waals surface area contributed by atoms with Crippen LogP contribution < -0.4 is 5.73 Å². The fourth-order valence-electron chi connectivity index (χ4n) is 2.35. The van der Waals surface area contributed by atoms with Gasteiger partial charge in [0.25, 0.3) is 0 Å². The topological polar surface area (TPSA) is 48.0 Å². The zero-order valence-corrected chi connectivity index (χ0v) is 11.3. The maximum atomic E-state index is 13.2. The Kier molecular flexibility index (Phi) is 3.42. The molecular weight excluding hydrogens is 243 g/mol. The molecule has 4 heteroatoms. The lowest BCUT2D eigenvalue weighted by atomic mass is 10.1. The lowest BCUT2D eigenvalue weighted by Gasteiger charge is -2.15. The number of carbonyl (C=O) groups excluding carboxylic acids is 1. The average Bonchev–Trinajstić information content (AvgIpc) is 2.63. The van der Waals surface area contributed by atoms with Crippen LogP contribution in [0.1, 0.15) is 41.6 Å². The van der Waals surface area contributed by atoms with Gasteiger partial charge in [0, 0.05) is 17.3 Å². The quantitative estimate of drug-likeness (QED) is 0.860.